The van der Waals surface area contributed by atoms with Crippen molar-refractivity contribution < 1.29 is 4.74 Å². The third-order valence-electron chi connectivity index (χ3n) is 2.84. The summed E-state index contributed by atoms with van der Waals surface area (Å²) >= 11 is 12.0. The lowest BCUT2D eigenvalue weighted by molar-refractivity contribution is 0.416. The highest BCUT2D eigenvalue weighted by Crippen LogP contribution is 2.29. The first kappa shape index (κ1) is 14.5. The van der Waals surface area contributed by atoms with Crippen molar-refractivity contribution >= 4 is 28.9 Å². The third-order valence-corrected chi connectivity index (χ3v) is 3.42. The Labute approximate surface area is 127 Å². The zero-order valence-electron chi connectivity index (χ0n) is 10.8. The molecule has 5 heteroatoms. The molecule has 0 aromatic heterocycles. The van der Waals surface area contributed by atoms with Crippen LogP contribution in [0.25, 0.3) is 0 Å². The van der Waals surface area contributed by atoms with Gasteiger partial charge in [-0.1, -0.05) is 35.3 Å². The summed E-state index contributed by atoms with van der Waals surface area (Å²) in [6.07, 6.45) is 0. The highest BCUT2D eigenvalue weighted by Gasteiger charge is 2.09. The molecule has 2 rings (SSSR count). The summed E-state index contributed by atoms with van der Waals surface area (Å²) in [6, 6.07) is 12.7. The van der Waals surface area contributed by atoms with Crippen LogP contribution >= 0.6 is 23.2 Å². The molecule has 0 aliphatic heterocycles. The molecule has 102 valence electrons. The molecule has 0 spiro atoms. The molecule has 2 aromatic carbocycles. The van der Waals surface area contributed by atoms with Gasteiger partial charge in [0, 0.05) is 16.6 Å². The largest absolute Gasteiger partial charge is 0.495 e. The second-order valence-electron chi connectivity index (χ2n) is 4.08. The first-order chi connectivity index (χ1) is 9.65. The van der Waals surface area contributed by atoms with Gasteiger partial charge in [0.2, 0.25) is 0 Å². The Kier molecular flexibility index (Phi) is 4.73. The molecule has 1 N–H and O–H groups in total. The highest BCUT2D eigenvalue weighted by atomic mass is 35.5. The van der Waals surface area contributed by atoms with E-state index in [4.69, 9.17) is 33.2 Å². The molecule has 0 heterocycles. The first-order valence-corrected chi connectivity index (χ1v) is 6.66. The zero-order valence-corrected chi connectivity index (χ0v) is 12.3. The summed E-state index contributed by atoms with van der Waals surface area (Å²) in [7, 11) is 1.57. The predicted molar refractivity (Wildman–Crippen MR) is 81.5 cm³/mol. The number of hydrogen-bond acceptors (Lipinski definition) is 3. The minimum Gasteiger partial charge on any atom is -0.495 e. The molecular formula is C15H12Cl2N2O. The van der Waals surface area contributed by atoms with Crippen molar-refractivity contribution in [1.82, 2.24) is 0 Å². The first-order valence-electron chi connectivity index (χ1n) is 5.90. The van der Waals surface area contributed by atoms with Gasteiger partial charge in [-0.25, -0.2) is 0 Å². The fourth-order valence-electron chi connectivity index (χ4n) is 1.83. The van der Waals surface area contributed by atoms with Crippen LogP contribution in [0.3, 0.4) is 0 Å². The summed E-state index contributed by atoms with van der Waals surface area (Å²) in [4.78, 5) is 0. The van der Waals surface area contributed by atoms with Crippen molar-refractivity contribution in [2.45, 2.75) is 6.54 Å². The average molecular weight is 307 g/mol. The molecular weight excluding hydrogens is 295 g/mol. The molecule has 2 aromatic rings. The summed E-state index contributed by atoms with van der Waals surface area (Å²) < 4.78 is 5.26. The Balaban J connectivity index is 2.25. The minimum atomic E-state index is 0.477. The normalized spacial score (nSPS) is 9.90. The van der Waals surface area contributed by atoms with Gasteiger partial charge in [0.25, 0.3) is 0 Å². The van der Waals surface area contributed by atoms with E-state index >= 15 is 0 Å². The summed E-state index contributed by atoms with van der Waals surface area (Å²) in [5, 5.41) is 13.5. The molecule has 0 fully saturated rings. The van der Waals surface area contributed by atoms with Crippen LogP contribution in [0, 0.1) is 11.3 Å². The molecule has 0 aliphatic rings. The number of ether oxygens (including phenoxy) is 1. The van der Waals surface area contributed by atoms with E-state index in [0.717, 1.165) is 5.56 Å². The second-order valence-corrected chi connectivity index (χ2v) is 4.93. The molecule has 20 heavy (non-hydrogen) atoms. The smallest absolute Gasteiger partial charge is 0.143 e. The minimum absolute atomic E-state index is 0.477. The van der Waals surface area contributed by atoms with Crippen LogP contribution in [0.15, 0.2) is 36.4 Å². The van der Waals surface area contributed by atoms with E-state index in [1.807, 2.05) is 6.07 Å². The van der Waals surface area contributed by atoms with Crippen molar-refractivity contribution in [3.05, 3.63) is 57.6 Å². The maximum absolute atomic E-state index is 9.14. The number of nitrogens with zero attached hydrogens (tertiary/aromatic N) is 1. The average Bonchev–Trinajstić information content (AvgIpc) is 2.46. The molecule has 0 atom stereocenters. The lowest BCUT2D eigenvalue weighted by atomic mass is 10.1. The summed E-state index contributed by atoms with van der Waals surface area (Å²) in [5.74, 6) is 0.620. The van der Waals surface area contributed by atoms with Crippen molar-refractivity contribution in [2.24, 2.45) is 0 Å². The Morgan fingerprint density at radius 2 is 2.05 bits per heavy atom. The van der Waals surface area contributed by atoms with Gasteiger partial charge in [-0.2, -0.15) is 5.26 Å². The number of rotatable bonds is 4. The number of nitriles is 1. The lowest BCUT2D eigenvalue weighted by Gasteiger charge is -2.13. The number of halogens is 2. The Morgan fingerprint density at radius 1 is 1.25 bits per heavy atom. The van der Waals surface area contributed by atoms with Gasteiger partial charge >= 0.3 is 0 Å². The summed E-state index contributed by atoms with van der Waals surface area (Å²) in [5.41, 5.74) is 2.07. The van der Waals surface area contributed by atoms with Gasteiger partial charge in [-0.15, -0.1) is 0 Å². The maximum atomic E-state index is 9.14. The fraction of sp³-hybridized carbons (Fsp3) is 0.133. The van der Waals surface area contributed by atoms with Gasteiger partial charge in [0.15, 0.2) is 0 Å². The predicted octanol–water partition coefficient (Wildman–Crippen LogP) is 4.49. The maximum Gasteiger partial charge on any atom is 0.143 e. The van der Waals surface area contributed by atoms with Crippen LogP contribution in [0.2, 0.25) is 10.0 Å². The number of methoxy groups -OCH3 is 1. The third kappa shape index (κ3) is 3.16. The van der Waals surface area contributed by atoms with Gasteiger partial charge in [-0.05, 0) is 29.8 Å². The molecule has 3 nitrogen and oxygen atoms in total. The van der Waals surface area contributed by atoms with E-state index in [9.17, 15) is 0 Å². The van der Waals surface area contributed by atoms with Crippen molar-refractivity contribution in [1.29, 1.82) is 5.26 Å². The van der Waals surface area contributed by atoms with Crippen molar-refractivity contribution in [3.63, 3.8) is 0 Å². The Hall–Kier alpha value is -1.89. The van der Waals surface area contributed by atoms with Crippen LogP contribution in [0.5, 0.6) is 5.75 Å². The van der Waals surface area contributed by atoms with Gasteiger partial charge in [-0.3, -0.25) is 0 Å². The topological polar surface area (TPSA) is 45.0 Å². The van der Waals surface area contributed by atoms with E-state index in [-0.39, 0.29) is 0 Å². The van der Waals surface area contributed by atoms with Gasteiger partial charge < -0.3 is 10.1 Å². The number of nitrogens with one attached hydrogen (secondary N) is 1. The van der Waals surface area contributed by atoms with E-state index in [2.05, 4.69) is 11.4 Å². The van der Waals surface area contributed by atoms with Crippen LogP contribution in [-0.4, -0.2) is 7.11 Å². The lowest BCUT2D eigenvalue weighted by Crippen LogP contribution is -2.04. The number of hydrogen-bond donors (Lipinski definition) is 1. The second kappa shape index (κ2) is 6.51. The van der Waals surface area contributed by atoms with Crippen LogP contribution in [0.4, 0.5) is 5.69 Å². The molecule has 0 unspecified atom stereocenters. The molecule has 0 bridgehead atoms. The van der Waals surface area contributed by atoms with Gasteiger partial charge in [0.1, 0.15) is 11.8 Å². The van der Waals surface area contributed by atoms with Crippen molar-refractivity contribution in [2.75, 3.05) is 12.4 Å². The molecule has 0 amide bonds. The highest BCUT2D eigenvalue weighted by molar-refractivity contribution is 6.35. The number of para-hydroxylation sites is 1. The Morgan fingerprint density at radius 3 is 2.70 bits per heavy atom. The zero-order chi connectivity index (χ0) is 14.5. The fourth-order valence-corrected chi connectivity index (χ4v) is 2.30. The van der Waals surface area contributed by atoms with Gasteiger partial charge in [0.05, 0.1) is 18.4 Å². The van der Waals surface area contributed by atoms with E-state index in [0.29, 0.717) is 33.6 Å². The van der Waals surface area contributed by atoms with E-state index in [1.165, 1.54) is 0 Å². The van der Waals surface area contributed by atoms with Crippen LogP contribution in [-0.2, 0) is 6.54 Å². The molecule has 0 saturated heterocycles. The quantitative estimate of drug-likeness (QED) is 0.905. The standard InChI is InChI=1S/C15H12Cl2N2O/c1-20-14-4-2-3-10(8-18)15(14)19-9-11-5-6-12(16)7-13(11)17/h2-7,19H,9H2,1H3. The van der Waals surface area contributed by atoms with Crippen LogP contribution in [0.1, 0.15) is 11.1 Å². The monoisotopic (exact) mass is 306 g/mol. The molecule has 0 aliphatic carbocycles. The number of anilines is 1. The molecule has 0 radical (unpaired) electrons. The van der Waals surface area contributed by atoms with Crippen LogP contribution < -0.4 is 10.1 Å². The summed E-state index contributed by atoms with van der Waals surface area (Å²) in [6.45, 7) is 0.477. The van der Waals surface area contributed by atoms with Crippen molar-refractivity contribution in [3.8, 4) is 11.8 Å². The SMILES string of the molecule is COc1cccc(C#N)c1NCc1ccc(Cl)cc1Cl. The molecule has 0 saturated carbocycles. The van der Waals surface area contributed by atoms with E-state index in [1.54, 1.807) is 37.4 Å². The van der Waals surface area contributed by atoms with E-state index < -0.39 is 0 Å². The Bertz CT molecular complexity index is 665. The number of benzene rings is 2.